The summed E-state index contributed by atoms with van der Waals surface area (Å²) in [4.78, 5) is 5.09. The molecule has 1 aromatic carbocycles. The number of nitrogens with zero attached hydrogens (tertiary/aromatic N) is 1. The van der Waals surface area contributed by atoms with Gasteiger partial charge in [0.05, 0.1) is 5.56 Å². The van der Waals surface area contributed by atoms with Crippen molar-refractivity contribution in [1.29, 1.82) is 0 Å². The predicted octanol–water partition coefficient (Wildman–Crippen LogP) is 4.72. The van der Waals surface area contributed by atoms with Crippen molar-refractivity contribution in [3.05, 3.63) is 40.9 Å². The van der Waals surface area contributed by atoms with Crippen molar-refractivity contribution in [3.8, 4) is 10.6 Å². The van der Waals surface area contributed by atoms with Gasteiger partial charge in [-0.3, -0.25) is 0 Å². The van der Waals surface area contributed by atoms with Crippen molar-refractivity contribution in [3.63, 3.8) is 0 Å². The van der Waals surface area contributed by atoms with E-state index in [1.165, 1.54) is 17.4 Å². The van der Waals surface area contributed by atoms with E-state index >= 15 is 0 Å². The Kier molecular flexibility index (Phi) is 3.53. The van der Waals surface area contributed by atoms with E-state index in [-0.39, 0.29) is 0 Å². The molecule has 0 saturated carbocycles. The molecule has 1 aromatic heterocycles. The van der Waals surface area contributed by atoms with Crippen molar-refractivity contribution in [2.24, 2.45) is 0 Å². The van der Waals surface area contributed by atoms with Crippen molar-refractivity contribution in [2.75, 3.05) is 0 Å². The molecule has 0 spiro atoms. The van der Waals surface area contributed by atoms with Crippen LogP contribution in [0.4, 0.5) is 13.2 Å². The van der Waals surface area contributed by atoms with Crippen molar-refractivity contribution < 1.29 is 13.2 Å². The van der Waals surface area contributed by atoms with Crippen LogP contribution in [0.2, 0.25) is 0 Å². The SMILES string of the molecule is FC(F)(F)c1cccc(-c2ncc(CBr)s2)c1. The first-order valence-electron chi connectivity index (χ1n) is 4.69. The van der Waals surface area contributed by atoms with Gasteiger partial charge in [0.1, 0.15) is 5.01 Å². The maximum Gasteiger partial charge on any atom is 0.416 e. The van der Waals surface area contributed by atoms with Crippen molar-refractivity contribution >= 4 is 27.3 Å². The molecule has 17 heavy (non-hydrogen) atoms. The molecule has 90 valence electrons. The molecule has 6 heteroatoms. The number of thiazole rings is 1. The van der Waals surface area contributed by atoms with E-state index in [0.717, 1.165) is 17.0 Å². The molecule has 0 fully saturated rings. The van der Waals surface area contributed by atoms with Gasteiger partial charge in [0.15, 0.2) is 0 Å². The second-order valence-corrected chi connectivity index (χ2v) is 5.02. The normalized spacial score (nSPS) is 11.8. The summed E-state index contributed by atoms with van der Waals surface area (Å²) in [6.07, 6.45) is -2.65. The summed E-state index contributed by atoms with van der Waals surface area (Å²) in [5, 5.41) is 1.26. The van der Waals surface area contributed by atoms with Gasteiger partial charge < -0.3 is 0 Å². The summed E-state index contributed by atoms with van der Waals surface area (Å²) in [5.41, 5.74) is -0.150. The van der Waals surface area contributed by atoms with Crippen LogP contribution in [-0.4, -0.2) is 4.98 Å². The van der Waals surface area contributed by atoms with E-state index in [1.54, 1.807) is 12.3 Å². The van der Waals surface area contributed by atoms with Gasteiger partial charge >= 0.3 is 6.18 Å². The van der Waals surface area contributed by atoms with Crippen LogP contribution < -0.4 is 0 Å². The number of hydrogen-bond donors (Lipinski definition) is 0. The van der Waals surface area contributed by atoms with Crippen LogP contribution in [0.1, 0.15) is 10.4 Å². The van der Waals surface area contributed by atoms with Crippen LogP contribution in [0, 0.1) is 0 Å². The lowest BCUT2D eigenvalue weighted by Crippen LogP contribution is -2.04. The van der Waals surface area contributed by atoms with Gasteiger partial charge in [0, 0.05) is 22.0 Å². The Hall–Kier alpha value is -0.880. The molecule has 1 heterocycles. The molecule has 0 aliphatic rings. The third-order valence-electron chi connectivity index (χ3n) is 2.12. The van der Waals surface area contributed by atoms with E-state index in [4.69, 9.17) is 0 Å². The van der Waals surface area contributed by atoms with E-state index < -0.39 is 11.7 Å². The average molecular weight is 322 g/mol. The molecular formula is C11H7BrF3NS. The minimum atomic E-state index is -4.31. The fourth-order valence-electron chi connectivity index (χ4n) is 1.33. The summed E-state index contributed by atoms with van der Waals surface area (Å²) < 4.78 is 37.6. The summed E-state index contributed by atoms with van der Waals surface area (Å²) in [6.45, 7) is 0. The van der Waals surface area contributed by atoms with Gasteiger partial charge in [-0.25, -0.2) is 4.98 Å². The van der Waals surface area contributed by atoms with Gasteiger partial charge in [-0.2, -0.15) is 13.2 Å². The Morgan fingerprint density at radius 3 is 2.65 bits per heavy atom. The van der Waals surface area contributed by atoms with Crippen LogP contribution in [0.3, 0.4) is 0 Å². The van der Waals surface area contributed by atoms with E-state index in [2.05, 4.69) is 20.9 Å². The van der Waals surface area contributed by atoms with Gasteiger partial charge in [-0.05, 0) is 12.1 Å². The molecule has 0 bridgehead atoms. The van der Waals surface area contributed by atoms with Gasteiger partial charge in [-0.1, -0.05) is 28.1 Å². The third kappa shape index (κ3) is 2.87. The standard InChI is InChI=1S/C11H7BrF3NS/c12-5-9-6-16-10(17-9)7-2-1-3-8(4-7)11(13,14)15/h1-4,6H,5H2. The zero-order valence-corrected chi connectivity index (χ0v) is 10.9. The summed E-state index contributed by atoms with van der Waals surface area (Å²) >= 11 is 4.66. The number of hydrogen-bond acceptors (Lipinski definition) is 2. The molecule has 0 saturated heterocycles. The number of alkyl halides is 4. The van der Waals surface area contributed by atoms with Crippen LogP contribution in [0.25, 0.3) is 10.6 Å². The van der Waals surface area contributed by atoms with Crippen molar-refractivity contribution in [2.45, 2.75) is 11.5 Å². The second kappa shape index (κ2) is 4.78. The third-order valence-corrected chi connectivity index (χ3v) is 4.14. The predicted molar refractivity (Wildman–Crippen MR) is 65.2 cm³/mol. The van der Waals surface area contributed by atoms with Crippen molar-refractivity contribution in [1.82, 2.24) is 4.98 Å². The van der Waals surface area contributed by atoms with Crippen LogP contribution >= 0.6 is 27.3 Å². The van der Waals surface area contributed by atoms with E-state index in [1.807, 2.05) is 0 Å². The number of aromatic nitrogens is 1. The topological polar surface area (TPSA) is 12.9 Å². The molecule has 0 aliphatic heterocycles. The van der Waals surface area contributed by atoms with Crippen LogP contribution in [-0.2, 0) is 11.5 Å². The molecule has 0 aliphatic carbocycles. The molecule has 1 nitrogen and oxygen atoms in total. The molecule has 0 atom stereocenters. The molecule has 0 amide bonds. The lowest BCUT2D eigenvalue weighted by atomic mass is 10.1. The molecular weight excluding hydrogens is 315 g/mol. The maximum atomic E-state index is 12.5. The monoisotopic (exact) mass is 321 g/mol. The number of halogens is 4. The Morgan fingerprint density at radius 1 is 1.29 bits per heavy atom. The Labute approximate surface area is 108 Å². The molecule has 0 unspecified atom stereocenters. The van der Waals surface area contributed by atoms with Crippen LogP contribution in [0.15, 0.2) is 30.5 Å². The Morgan fingerprint density at radius 2 is 2.06 bits per heavy atom. The Balaban J connectivity index is 2.39. The summed E-state index contributed by atoms with van der Waals surface area (Å²) in [6, 6.07) is 5.21. The average Bonchev–Trinajstić information content (AvgIpc) is 2.76. The fraction of sp³-hybridized carbons (Fsp3) is 0.182. The quantitative estimate of drug-likeness (QED) is 0.729. The minimum absolute atomic E-state index is 0.497. The highest BCUT2D eigenvalue weighted by Crippen LogP contribution is 2.33. The number of benzene rings is 1. The minimum Gasteiger partial charge on any atom is -0.244 e. The lowest BCUT2D eigenvalue weighted by molar-refractivity contribution is -0.137. The highest BCUT2D eigenvalue weighted by atomic mass is 79.9. The largest absolute Gasteiger partial charge is 0.416 e. The van der Waals surface area contributed by atoms with E-state index in [9.17, 15) is 13.2 Å². The van der Waals surface area contributed by atoms with Gasteiger partial charge in [-0.15, -0.1) is 11.3 Å². The highest BCUT2D eigenvalue weighted by molar-refractivity contribution is 9.08. The molecule has 0 N–H and O–H groups in total. The highest BCUT2D eigenvalue weighted by Gasteiger charge is 2.30. The smallest absolute Gasteiger partial charge is 0.244 e. The van der Waals surface area contributed by atoms with Gasteiger partial charge in [0.2, 0.25) is 0 Å². The maximum absolute atomic E-state index is 12.5. The first-order chi connectivity index (χ1) is 8.00. The first-order valence-corrected chi connectivity index (χ1v) is 6.63. The van der Waals surface area contributed by atoms with E-state index in [0.29, 0.717) is 15.9 Å². The Bertz CT molecular complexity index is 521. The van der Waals surface area contributed by atoms with Gasteiger partial charge in [0.25, 0.3) is 0 Å². The first kappa shape index (κ1) is 12.6. The molecule has 2 rings (SSSR count). The zero-order valence-electron chi connectivity index (χ0n) is 8.46. The molecule has 2 aromatic rings. The zero-order chi connectivity index (χ0) is 12.5. The summed E-state index contributed by atoms with van der Waals surface area (Å²) in [5.74, 6) is 0. The van der Waals surface area contributed by atoms with Crippen LogP contribution in [0.5, 0.6) is 0 Å². The number of rotatable bonds is 2. The molecule has 0 radical (unpaired) electrons. The summed E-state index contributed by atoms with van der Waals surface area (Å²) in [7, 11) is 0. The second-order valence-electron chi connectivity index (χ2n) is 3.34. The lowest BCUT2D eigenvalue weighted by Gasteiger charge is -2.07. The fourth-order valence-corrected chi connectivity index (χ4v) is 2.58.